The zero-order chi connectivity index (χ0) is 10.2. The molecule has 0 saturated heterocycles. The van der Waals surface area contributed by atoms with Gasteiger partial charge in [0.15, 0.2) is 15.6 Å². The van der Waals surface area contributed by atoms with Crippen LogP contribution in [0.25, 0.3) is 0 Å². The normalized spacial score (nSPS) is 11.5. The fourth-order valence-corrected chi connectivity index (χ4v) is 1.77. The third-order valence-corrected chi connectivity index (χ3v) is 2.87. The van der Waals surface area contributed by atoms with E-state index in [4.69, 9.17) is 22.4 Å². The van der Waals surface area contributed by atoms with Crippen LogP contribution in [0.2, 0.25) is 5.02 Å². The maximum atomic E-state index is 11.1. The second kappa shape index (κ2) is 3.08. The van der Waals surface area contributed by atoms with Crippen molar-refractivity contribution in [1.29, 1.82) is 0 Å². The molecule has 1 aromatic rings. The number of nitrogen functional groups attached to an aromatic ring is 1. The first-order valence-corrected chi connectivity index (χ1v) is 5.57. The lowest BCUT2D eigenvalue weighted by Crippen LogP contribution is -1.98. The van der Waals surface area contributed by atoms with Gasteiger partial charge in [0.1, 0.15) is 0 Å². The molecule has 0 radical (unpaired) electrons. The number of phenolic OH excluding ortho intramolecular Hbond substituents is 1. The van der Waals surface area contributed by atoms with Gasteiger partial charge in [0, 0.05) is 6.26 Å². The van der Waals surface area contributed by atoms with Crippen LogP contribution in [0, 0.1) is 0 Å². The van der Waals surface area contributed by atoms with Crippen LogP contribution in [-0.2, 0) is 9.84 Å². The van der Waals surface area contributed by atoms with Crippen molar-refractivity contribution in [2.45, 2.75) is 4.90 Å². The van der Waals surface area contributed by atoms with Gasteiger partial charge in [0.05, 0.1) is 15.6 Å². The summed E-state index contributed by atoms with van der Waals surface area (Å²) in [4.78, 5) is -0.00667. The van der Waals surface area contributed by atoms with E-state index in [1.807, 2.05) is 0 Å². The molecule has 0 aliphatic heterocycles. The van der Waals surface area contributed by atoms with E-state index in [1.54, 1.807) is 0 Å². The van der Waals surface area contributed by atoms with E-state index in [2.05, 4.69) is 0 Å². The third-order valence-electron chi connectivity index (χ3n) is 1.49. The van der Waals surface area contributed by atoms with Gasteiger partial charge in [-0.2, -0.15) is 0 Å². The molecule has 0 unspecified atom stereocenters. The Bertz CT molecular complexity index is 418. The van der Waals surface area contributed by atoms with E-state index in [-0.39, 0.29) is 21.4 Å². The van der Waals surface area contributed by atoms with E-state index >= 15 is 0 Å². The molecule has 0 heterocycles. The first-order chi connectivity index (χ1) is 5.82. The Hall–Kier alpha value is -0.940. The number of aromatic hydroxyl groups is 1. The number of hydrogen-bond acceptors (Lipinski definition) is 4. The molecule has 0 bridgehead atoms. The maximum absolute atomic E-state index is 11.1. The second-order valence-corrected chi connectivity index (χ2v) is 5.04. The van der Waals surface area contributed by atoms with Crippen LogP contribution in [0.1, 0.15) is 0 Å². The quantitative estimate of drug-likeness (QED) is 0.548. The monoisotopic (exact) mass is 221 g/mol. The van der Waals surface area contributed by atoms with Crippen molar-refractivity contribution in [2.24, 2.45) is 0 Å². The molecule has 3 N–H and O–H groups in total. The first kappa shape index (κ1) is 10.1. The predicted octanol–water partition coefficient (Wildman–Crippen LogP) is 1.03. The van der Waals surface area contributed by atoms with Gasteiger partial charge in [-0.05, 0) is 12.1 Å². The fraction of sp³-hybridized carbons (Fsp3) is 0.143. The SMILES string of the molecule is CS(=O)(=O)c1cc(N)c(O)c(Cl)c1. The van der Waals surface area contributed by atoms with Crippen LogP contribution in [0.15, 0.2) is 17.0 Å². The summed E-state index contributed by atoms with van der Waals surface area (Å²) in [5.74, 6) is -0.297. The smallest absolute Gasteiger partial charge is 0.175 e. The molecule has 0 fully saturated rings. The van der Waals surface area contributed by atoms with Gasteiger partial charge in [0.2, 0.25) is 0 Å². The van der Waals surface area contributed by atoms with Crippen molar-refractivity contribution in [1.82, 2.24) is 0 Å². The molecule has 0 saturated carbocycles. The highest BCUT2D eigenvalue weighted by atomic mass is 35.5. The van der Waals surface area contributed by atoms with E-state index in [9.17, 15) is 8.42 Å². The molecule has 6 heteroatoms. The average molecular weight is 222 g/mol. The Kier molecular flexibility index (Phi) is 2.40. The van der Waals surface area contributed by atoms with Gasteiger partial charge < -0.3 is 10.8 Å². The van der Waals surface area contributed by atoms with E-state index in [0.717, 1.165) is 18.4 Å². The third kappa shape index (κ3) is 2.05. The van der Waals surface area contributed by atoms with Crippen LogP contribution in [0.4, 0.5) is 5.69 Å². The Morgan fingerprint density at radius 2 is 2.00 bits per heavy atom. The molecule has 1 aromatic carbocycles. The van der Waals surface area contributed by atoms with E-state index in [0.29, 0.717) is 0 Å². The summed E-state index contributed by atoms with van der Waals surface area (Å²) in [6.07, 6.45) is 1.04. The summed E-state index contributed by atoms with van der Waals surface area (Å²) in [6.45, 7) is 0. The van der Waals surface area contributed by atoms with Crippen molar-refractivity contribution in [3.05, 3.63) is 17.2 Å². The summed E-state index contributed by atoms with van der Waals surface area (Å²) in [5.41, 5.74) is 5.27. The van der Waals surface area contributed by atoms with Gasteiger partial charge in [-0.1, -0.05) is 11.6 Å². The fourth-order valence-electron chi connectivity index (χ4n) is 0.809. The zero-order valence-corrected chi connectivity index (χ0v) is 8.35. The lowest BCUT2D eigenvalue weighted by molar-refractivity contribution is 0.478. The highest BCUT2D eigenvalue weighted by Gasteiger charge is 2.12. The Morgan fingerprint density at radius 1 is 1.46 bits per heavy atom. The number of halogens is 1. The maximum Gasteiger partial charge on any atom is 0.175 e. The van der Waals surface area contributed by atoms with Crippen molar-refractivity contribution in [3.63, 3.8) is 0 Å². The highest BCUT2D eigenvalue weighted by molar-refractivity contribution is 7.90. The van der Waals surface area contributed by atoms with Crippen LogP contribution in [0.5, 0.6) is 5.75 Å². The van der Waals surface area contributed by atoms with Gasteiger partial charge in [-0.15, -0.1) is 0 Å². The van der Waals surface area contributed by atoms with Gasteiger partial charge in [-0.3, -0.25) is 0 Å². The number of hydrogen-bond donors (Lipinski definition) is 2. The average Bonchev–Trinajstić information content (AvgIpc) is 1.97. The van der Waals surface area contributed by atoms with Crippen molar-refractivity contribution in [3.8, 4) is 5.75 Å². The molecule has 0 amide bonds. The molecule has 4 nitrogen and oxygen atoms in total. The summed E-state index contributed by atoms with van der Waals surface area (Å²) >= 11 is 5.53. The Labute approximate surface area is 80.9 Å². The Balaban J connectivity index is 3.47. The van der Waals surface area contributed by atoms with Gasteiger partial charge in [-0.25, -0.2) is 8.42 Å². The minimum atomic E-state index is -3.34. The van der Waals surface area contributed by atoms with E-state index in [1.165, 1.54) is 0 Å². The number of sulfone groups is 1. The molecule has 72 valence electrons. The lowest BCUT2D eigenvalue weighted by Gasteiger charge is -2.04. The minimum absolute atomic E-state index is 0.00667. The zero-order valence-electron chi connectivity index (χ0n) is 6.78. The van der Waals surface area contributed by atoms with Crippen molar-refractivity contribution < 1.29 is 13.5 Å². The molecule has 0 aliphatic rings. The summed E-state index contributed by atoms with van der Waals surface area (Å²) in [6, 6.07) is 2.32. The molecule has 0 aliphatic carbocycles. The summed E-state index contributed by atoms with van der Waals surface area (Å²) in [5, 5.41) is 9.08. The Morgan fingerprint density at radius 3 is 2.38 bits per heavy atom. The number of phenols is 1. The van der Waals surface area contributed by atoms with E-state index < -0.39 is 9.84 Å². The lowest BCUT2D eigenvalue weighted by atomic mass is 10.3. The number of nitrogens with two attached hydrogens (primary N) is 1. The molecule has 0 spiro atoms. The summed E-state index contributed by atoms with van der Waals surface area (Å²) in [7, 11) is -3.34. The van der Waals surface area contributed by atoms with Crippen LogP contribution in [-0.4, -0.2) is 19.8 Å². The molecule has 1 rings (SSSR count). The van der Waals surface area contributed by atoms with Crippen LogP contribution < -0.4 is 5.73 Å². The van der Waals surface area contributed by atoms with Gasteiger partial charge >= 0.3 is 0 Å². The second-order valence-electron chi connectivity index (χ2n) is 2.62. The number of rotatable bonds is 1. The number of benzene rings is 1. The molecule has 0 atom stereocenters. The minimum Gasteiger partial charge on any atom is -0.504 e. The van der Waals surface area contributed by atoms with Gasteiger partial charge in [0.25, 0.3) is 0 Å². The molecule has 0 aromatic heterocycles. The van der Waals surface area contributed by atoms with Crippen molar-refractivity contribution >= 4 is 27.1 Å². The summed E-state index contributed by atoms with van der Waals surface area (Å²) < 4.78 is 22.1. The van der Waals surface area contributed by atoms with Crippen molar-refractivity contribution in [2.75, 3.05) is 12.0 Å². The molecular weight excluding hydrogens is 214 g/mol. The van der Waals surface area contributed by atoms with Crippen LogP contribution >= 0.6 is 11.6 Å². The standard InChI is InChI=1S/C7H8ClNO3S/c1-13(11,12)4-2-5(8)7(10)6(9)3-4/h2-3,10H,9H2,1H3. The topological polar surface area (TPSA) is 80.4 Å². The molecular formula is C7H8ClNO3S. The predicted molar refractivity (Wildman–Crippen MR) is 50.6 cm³/mol. The first-order valence-electron chi connectivity index (χ1n) is 3.30. The van der Waals surface area contributed by atoms with Crippen LogP contribution in [0.3, 0.4) is 0 Å². The number of anilines is 1. The molecule has 13 heavy (non-hydrogen) atoms. The largest absolute Gasteiger partial charge is 0.504 e. The highest BCUT2D eigenvalue weighted by Crippen LogP contribution is 2.32.